The quantitative estimate of drug-likeness (QED) is 0.437. The van der Waals surface area contributed by atoms with Crippen molar-refractivity contribution < 1.29 is 14.3 Å². The van der Waals surface area contributed by atoms with Crippen LogP contribution in [0, 0.1) is 0 Å². The zero-order valence-electron chi connectivity index (χ0n) is 19.1. The van der Waals surface area contributed by atoms with E-state index >= 15 is 0 Å². The lowest BCUT2D eigenvalue weighted by Crippen LogP contribution is -2.35. The number of carbonyl (C=O) groups excluding carboxylic acids is 1. The molecule has 11 heteroatoms. The molecule has 3 aromatic heterocycles. The number of pyridine rings is 1. The average molecular weight is 470 g/mol. The number of anilines is 3. The number of amides is 1. The van der Waals surface area contributed by atoms with Gasteiger partial charge < -0.3 is 25.6 Å². The zero-order valence-corrected chi connectivity index (χ0v) is 19.1. The summed E-state index contributed by atoms with van der Waals surface area (Å²) in [5.41, 5.74) is -0.108. The van der Waals surface area contributed by atoms with E-state index in [0.717, 1.165) is 0 Å². The highest BCUT2D eigenvalue weighted by Crippen LogP contribution is 2.34. The fourth-order valence-corrected chi connectivity index (χ4v) is 4.75. The minimum Gasteiger partial charge on any atom is -0.390 e. The minimum atomic E-state index is -0.863. The van der Waals surface area contributed by atoms with Crippen LogP contribution in [0.4, 0.5) is 21.7 Å². The molecule has 34 heavy (non-hydrogen) atoms. The molecular weight excluding hydrogens is 441 g/mol. The summed E-state index contributed by atoms with van der Waals surface area (Å²) in [6.45, 7) is 1.77. The summed E-state index contributed by atoms with van der Waals surface area (Å²) in [6.07, 6.45) is 4.75. The molecule has 2 saturated carbocycles. The van der Waals surface area contributed by atoms with Crippen molar-refractivity contribution in [1.82, 2.24) is 24.5 Å². The molecule has 0 spiro atoms. The summed E-state index contributed by atoms with van der Waals surface area (Å²) in [4.78, 5) is 30.5. The van der Waals surface area contributed by atoms with Crippen molar-refractivity contribution >= 4 is 28.9 Å². The third kappa shape index (κ3) is 4.11. The second-order valence-electron chi connectivity index (χ2n) is 9.46. The second kappa shape index (κ2) is 8.39. The van der Waals surface area contributed by atoms with Gasteiger partial charge in [-0.3, -0.25) is 9.59 Å². The predicted octanol–water partition coefficient (Wildman–Crippen LogP) is 2.38. The SMILES string of the molecule is CNc1cc(Nc2cccn([C@H]3C[C@H](F)C3)c2=O)nc2c(C(=O)NC3CC[C@@](C)(O)C3)cnn12. The summed E-state index contributed by atoms with van der Waals surface area (Å²) in [6, 6.07) is 4.80. The molecular formula is C23H28FN7O3. The number of alkyl halides is 1. The van der Waals surface area contributed by atoms with Crippen LogP contribution < -0.4 is 21.5 Å². The number of carbonyl (C=O) groups is 1. The maximum atomic E-state index is 13.3. The van der Waals surface area contributed by atoms with Crippen molar-refractivity contribution in [3.8, 4) is 0 Å². The number of halogens is 1. The number of fused-ring (bicyclic) bond motifs is 1. The monoisotopic (exact) mass is 469 g/mol. The first-order valence-electron chi connectivity index (χ1n) is 11.5. The first kappa shape index (κ1) is 22.3. The van der Waals surface area contributed by atoms with E-state index in [0.29, 0.717) is 60.6 Å². The first-order chi connectivity index (χ1) is 16.2. The van der Waals surface area contributed by atoms with Crippen LogP contribution in [0.1, 0.15) is 55.4 Å². The van der Waals surface area contributed by atoms with Gasteiger partial charge in [0.2, 0.25) is 0 Å². The van der Waals surface area contributed by atoms with Gasteiger partial charge >= 0.3 is 0 Å². The molecule has 2 aliphatic carbocycles. The first-order valence-corrected chi connectivity index (χ1v) is 11.5. The molecule has 5 rings (SSSR count). The standard InChI is InChI=1S/C23H28FN7O3/c1-23(34)6-5-14(11-23)27-21(32)16-12-26-31-19(25-2)10-18(29-20(16)31)28-17-4-3-7-30(22(17)33)15-8-13(24)9-15/h3-4,7,10,12-15,25,34H,5-6,8-9,11H2,1-2H3,(H,27,32)(H,28,29)/t13-,14?,15-,23-/m1/s1. The molecule has 180 valence electrons. The van der Waals surface area contributed by atoms with Gasteiger partial charge in [-0.05, 0) is 51.2 Å². The highest BCUT2D eigenvalue weighted by atomic mass is 19.1. The summed E-state index contributed by atoms with van der Waals surface area (Å²) >= 11 is 0. The van der Waals surface area contributed by atoms with Crippen LogP contribution >= 0.6 is 0 Å². The summed E-state index contributed by atoms with van der Waals surface area (Å²) in [5.74, 6) is 0.616. The normalized spacial score (nSPS) is 26.3. The van der Waals surface area contributed by atoms with E-state index in [1.807, 2.05) is 0 Å². The van der Waals surface area contributed by atoms with Crippen LogP contribution in [-0.4, -0.2) is 55.0 Å². The summed E-state index contributed by atoms with van der Waals surface area (Å²) in [7, 11) is 1.72. The van der Waals surface area contributed by atoms with E-state index in [1.165, 1.54) is 10.7 Å². The number of aromatic nitrogens is 4. The van der Waals surface area contributed by atoms with Gasteiger partial charge in [0.05, 0.1) is 11.8 Å². The van der Waals surface area contributed by atoms with Gasteiger partial charge in [-0.1, -0.05) is 0 Å². The molecule has 1 amide bonds. The number of hydrogen-bond donors (Lipinski definition) is 4. The summed E-state index contributed by atoms with van der Waals surface area (Å²) in [5, 5.41) is 23.5. The van der Waals surface area contributed by atoms with Crippen molar-refractivity contribution in [3.05, 3.63) is 46.5 Å². The molecule has 2 atom stereocenters. The summed E-state index contributed by atoms with van der Waals surface area (Å²) < 4.78 is 16.4. The molecule has 10 nitrogen and oxygen atoms in total. The largest absolute Gasteiger partial charge is 0.390 e. The van der Waals surface area contributed by atoms with E-state index < -0.39 is 11.8 Å². The van der Waals surface area contributed by atoms with Crippen molar-refractivity contribution in [2.45, 2.75) is 62.9 Å². The maximum absolute atomic E-state index is 13.3. The zero-order chi connectivity index (χ0) is 24.0. The fraction of sp³-hybridized carbons (Fsp3) is 0.478. The predicted molar refractivity (Wildman–Crippen MR) is 125 cm³/mol. The minimum absolute atomic E-state index is 0.124. The lowest BCUT2D eigenvalue weighted by molar-refractivity contribution is 0.0647. The van der Waals surface area contributed by atoms with Gasteiger partial charge in [0, 0.05) is 31.4 Å². The van der Waals surface area contributed by atoms with Crippen molar-refractivity contribution in [2.24, 2.45) is 0 Å². The third-order valence-corrected chi connectivity index (χ3v) is 6.71. The van der Waals surface area contributed by atoms with E-state index in [9.17, 15) is 19.1 Å². The van der Waals surface area contributed by atoms with Gasteiger partial charge in [0.25, 0.3) is 11.5 Å². The fourth-order valence-electron chi connectivity index (χ4n) is 4.75. The van der Waals surface area contributed by atoms with Crippen molar-refractivity contribution in [1.29, 1.82) is 0 Å². The molecule has 2 aliphatic rings. The molecule has 0 saturated heterocycles. The van der Waals surface area contributed by atoms with Crippen LogP contribution in [0.25, 0.3) is 5.65 Å². The number of aliphatic hydroxyl groups is 1. The molecule has 0 bridgehead atoms. The molecule has 0 radical (unpaired) electrons. The highest BCUT2D eigenvalue weighted by Gasteiger charge is 2.34. The highest BCUT2D eigenvalue weighted by molar-refractivity contribution is 6.00. The third-order valence-electron chi connectivity index (χ3n) is 6.71. The molecule has 2 fully saturated rings. The molecule has 3 aromatic rings. The van der Waals surface area contributed by atoms with Gasteiger partial charge in [0.15, 0.2) is 5.65 Å². The lowest BCUT2D eigenvalue weighted by Gasteiger charge is -2.31. The molecule has 3 heterocycles. The van der Waals surface area contributed by atoms with Gasteiger partial charge in [-0.15, -0.1) is 0 Å². The van der Waals surface area contributed by atoms with Crippen molar-refractivity contribution in [2.75, 3.05) is 17.7 Å². The van der Waals surface area contributed by atoms with Crippen molar-refractivity contribution in [3.63, 3.8) is 0 Å². The number of rotatable bonds is 6. The maximum Gasteiger partial charge on any atom is 0.274 e. The van der Waals surface area contributed by atoms with Crippen LogP contribution in [0.5, 0.6) is 0 Å². The van der Waals surface area contributed by atoms with E-state index in [2.05, 4.69) is 26.0 Å². The van der Waals surface area contributed by atoms with E-state index in [1.54, 1.807) is 42.9 Å². The number of nitrogens with one attached hydrogen (secondary N) is 3. The van der Waals surface area contributed by atoms with E-state index in [4.69, 9.17) is 0 Å². The second-order valence-corrected chi connectivity index (χ2v) is 9.46. The van der Waals surface area contributed by atoms with E-state index in [-0.39, 0.29) is 23.6 Å². The Morgan fingerprint density at radius 3 is 2.82 bits per heavy atom. The Balaban J connectivity index is 1.43. The Hall–Kier alpha value is -3.47. The van der Waals surface area contributed by atoms with Gasteiger partial charge in [0.1, 0.15) is 29.1 Å². The van der Waals surface area contributed by atoms with Gasteiger partial charge in [-0.25, -0.2) is 9.37 Å². The average Bonchev–Trinajstić information content (AvgIpc) is 3.35. The van der Waals surface area contributed by atoms with Crippen LogP contribution in [0.2, 0.25) is 0 Å². The Bertz CT molecular complexity index is 1300. The topological polar surface area (TPSA) is 126 Å². The van der Waals surface area contributed by atoms with Crippen LogP contribution in [0.15, 0.2) is 35.4 Å². The van der Waals surface area contributed by atoms with Crippen LogP contribution in [-0.2, 0) is 0 Å². The Morgan fingerprint density at radius 2 is 2.15 bits per heavy atom. The lowest BCUT2D eigenvalue weighted by atomic mass is 9.90. The number of hydrogen-bond acceptors (Lipinski definition) is 7. The Morgan fingerprint density at radius 1 is 1.35 bits per heavy atom. The molecule has 1 unspecified atom stereocenters. The molecule has 0 aromatic carbocycles. The Kier molecular flexibility index (Phi) is 5.51. The molecule has 4 N–H and O–H groups in total. The van der Waals surface area contributed by atoms with Gasteiger partial charge in [-0.2, -0.15) is 9.61 Å². The van der Waals surface area contributed by atoms with Crippen LogP contribution in [0.3, 0.4) is 0 Å². The molecule has 0 aliphatic heterocycles. The smallest absolute Gasteiger partial charge is 0.274 e. The number of nitrogens with zero attached hydrogens (tertiary/aromatic N) is 4. The Labute approximate surface area is 195 Å².